The van der Waals surface area contributed by atoms with Crippen LogP contribution in [0.15, 0.2) is 54.7 Å². The summed E-state index contributed by atoms with van der Waals surface area (Å²) in [5, 5.41) is 28.5. The first-order chi connectivity index (χ1) is 15.5. The first kappa shape index (κ1) is 22.0. The summed E-state index contributed by atoms with van der Waals surface area (Å²) >= 11 is 0. The third-order valence-corrected chi connectivity index (χ3v) is 5.87. The second kappa shape index (κ2) is 9.93. The Morgan fingerprint density at radius 1 is 0.938 bits per heavy atom. The molecule has 0 saturated heterocycles. The smallest absolute Gasteiger partial charge is 0.255 e. The Hall–Kier alpha value is -3.23. The number of aliphatic hydroxyl groups excluding tert-OH is 2. The number of nitrogens with zero attached hydrogens (tertiary/aromatic N) is 3. The van der Waals surface area contributed by atoms with Gasteiger partial charge in [-0.1, -0.05) is 42.5 Å². The van der Waals surface area contributed by atoms with Gasteiger partial charge >= 0.3 is 0 Å². The van der Waals surface area contributed by atoms with E-state index in [1.807, 2.05) is 59.4 Å². The van der Waals surface area contributed by atoms with E-state index in [1.165, 1.54) is 4.90 Å². The maximum absolute atomic E-state index is 12.5. The molecule has 0 spiro atoms. The molecule has 168 valence electrons. The molecule has 32 heavy (non-hydrogen) atoms. The summed E-state index contributed by atoms with van der Waals surface area (Å²) in [4.78, 5) is 26.1. The van der Waals surface area contributed by atoms with Gasteiger partial charge in [0, 0.05) is 31.6 Å². The van der Waals surface area contributed by atoms with Crippen molar-refractivity contribution in [2.75, 3.05) is 6.54 Å². The van der Waals surface area contributed by atoms with E-state index in [2.05, 4.69) is 10.4 Å². The molecule has 1 aliphatic heterocycles. The SMILES string of the molecule is O=C(NCCCCCn1ncc2ccccc21)[C@H](O)[C@@H](O)C(=O)N1Cc2ccccc2C1. The fourth-order valence-corrected chi connectivity index (χ4v) is 4.04. The van der Waals surface area contributed by atoms with Crippen LogP contribution < -0.4 is 5.32 Å². The van der Waals surface area contributed by atoms with Crippen molar-refractivity contribution in [3.8, 4) is 0 Å². The number of amides is 2. The fraction of sp³-hybridized carbons (Fsp3) is 0.375. The van der Waals surface area contributed by atoms with Gasteiger partial charge in [-0.3, -0.25) is 14.3 Å². The average molecular weight is 437 g/mol. The van der Waals surface area contributed by atoms with E-state index in [-0.39, 0.29) is 0 Å². The number of nitrogens with one attached hydrogen (secondary N) is 1. The highest BCUT2D eigenvalue weighted by atomic mass is 16.3. The molecule has 2 heterocycles. The monoisotopic (exact) mass is 436 g/mol. The van der Waals surface area contributed by atoms with Crippen molar-refractivity contribution < 1.29 is 19.8 Å². The van der Waals surface area contributed by atoms with Gasteiger partial charge in [-0.2, -0.15) is 5.10 Å². The summed E-state index contributed by atoms with van der Waals surface area (Å²) in [6.07, 6.45) is 0.783. The molecule has 8 nitrogen and oxygen atoms in total. The summed E-state index contributed by atoms with van der Waals surface area (Å²) in [5.74, 6) is -1.38. The van der Waals surface area contributed by atoms with Crippen LogP contribution in [0.1, 0.15) is 30.4 Å². The molecular weight excluding hydrogens is 408 g/mol. The number of rotatable bonds is 9. The minimum absolute atomic E-state index is 0.367. The molecule has 0 aliphatic carbocycles. The maximum Gasteiger partial charge on any atom is 0.255 e. The summed E-state index contributed by atoms with van der Waals surface area (Å²) in [6.45, 7) is 1.89. The predicted molar refractivity (Wildman–Crippen MR) is 119 cm³/mol. The van der Waals surface area contributed by atoms with Gasteiger partial charge in [0.15, 0.2) is 12.2 Å². The van der Waals surface area contributed by atoms with Crippen molar-refractivity contribution in [2.24, 2.45) is 0 Å². The zero-order valence-electron chi connectivity index (χ0n) is 17.9. The van der Waals surface area contributed by atoms with Gasteiger partial charge in [-0.05, 0) is 36.5 Å². The largest absolute Gasteiger partial charge is 0.380 e. The second-order valence-corrected chi connectivity index (χ2v) is 8.13. The van der Waals surface area contributed by atoms with Crippen molar-refractivity contribution in [1.82, 2.24) is 20.0 Å². The highest BCUT2D eigenvalue weighted by molar-refractivity contribution is 5.90. The molecule has 0 saturated carbocycles. The van der Waals surface area contributed by atoms with E-state index in [9.17, 15) is 19.8 Å². The number of benzene rings is 2. The third kappa shape index (κ3) is 4.81. The van der Waals surface area contributed by atoms with Crippen LogP contribution in [0, 0.1) is 0 Å². The van der Waals surface area contributed by atoms with Gasteiger partial charge in [0.1, 0.15) is 0 Å². The summed E-state index contributed by atoms with van der Waals surface area (Å²) < 4.78 is 1.97. The molecular formula is C24H28N4O4. The van der Waals surface area contributed by atoms with E-state index in [4.69, 9.17) is 0 Å². The molecule has 2 aromatic carbocycles. The van der Waals surface area contributed by atoms with Gasteiger partial charge in [-0.25, -0.2) is 0 Å². The van der Waals surface area contributed by atoms with Gasteiger partial charge in [0.2, 0.25) is 0 Å². The zero-order valence-corrected chi connectivity index (χ0v) is 17.9. The van der Waals surface area contributed by atoms with Crippen LogP contribution in [-0.2, 0) is 29.2 Å². The number of fused-ring (bicyclic) bond motifs is 2. The molecule has 3 aromatic rings. The standard InChI is InChI=1S/C24H28N4O4/c29-21(22(30)24(32)27-15-18-9-2-3-10-19(18)16-27)23(31)25-12-6-1-7-13-28-20-11-5-4-8-17(20)14-26-28/h2-5,8-11,14,21-22,29-30H,1,6-7,12-13,15-16H2,(H,25,31)/t21-,22-/m1/s1. The van der Waals surface area contributed by atoms with Crippen LogP contribution in [0.4, 0.5) is 0 Å². The molecule has 0 radical (unpaired) electrons. The number of unbranched alkanes of at least 4 members (excludes halogenated alkanes) is 2. The number of hydrogen-bond donors (Lipinski definition) is 3. The number of carbonyl (C=O) groups excluding carboxylic acids is 2. The third-order valence-electron chi connectivity index (χ3n) is 5.87. The van der Waals surface area contributed by atoms with E-state index < -0.39 is 24.0 Å². The number of aromatic nitrogens is 2. The van der Waals surface area contributed by atoms with Crippen molar-refractivity contribution in [3.63, 3.8) is 0 Å². The van der Waals surface area contributed by atoms with Crippen molar-refractivity contribution in [2.45, 2.75) is 51.1 Å². The van der Waals surface area contributed by atoms with Crippen molar-refractivity contribution in [3.05, 3.63) is 65.9 Å². The van der Waals surface area contributed by atoms with Crippen LogP contribution in [0.5, 0.6) is 0 Å². The molecule has 1 aliphatic rings. The van der Waals surface area contributed by atoms with Gasteiger partial charge in [-0.15, -0.1) is 0 Å². The Balaban J connectivity index is 1.16. The van der Waals surface area contributed by atoms with Crippen LogP contribution >= 0.6 is 0 Å². The Morgan fingerprint density at radius 2 is 1.62 bits per heavy atom. The van der Waals surface area contributed by atoms with Gasteiger partial charge in [0.05, 0.1) is 11.7 Å². The van der Waals surface area contributed by atoms with Crippen LogP contribution in [0.2, 0.25) is 0 Å². The minimum Gasteiger partial charge on any atom is -0.380 e. The molecule has 0 bridgehead atoms. The van der Waals surface area contributed by atoms with E-state index in [0.29, 0.717) is 19.6 Å². The zero-order chi connectivity index (χ0) is 22.5. The summed E-state index contributed by atoms with van der Waals surface area (Å²) in [5.41, 5.74) is 3.12. The van der Waals surface area contributed by atoms with Gasteiger partial charge in [0.25, 0.3) is 11.8 Å². The molecule has 2 atom stereocenters. The Kier molecular flexibility index (Phi) is 6.82. The number of aryl methyl sites for hydroxylation is 1. The topological polar surface area (TPSA) is 108 Å². The Morgan fingerprint density at radius 3 is 2.38 bits per heavy atom. The second-order valence-electron chi connectivity index (χ2n) is 8.13. The fourth-order valence-electron chi connectivity index (χ4n) is 4.04. The van der Waals surface area contributed by atoms with Gasteiger partial charge < -0.3 is 20.4 Å². The molecule has 2 amide bonds. The lowest BCUT2D eigenvalue weighted by atomic mass is 10.1. The summed E-state index contributed by atoms with van der Waals surface area (Å²) in [6, 6.07) is 15.7. The molecule has 4 rings (SSSR count). The highest BCUT2D eigenvalue weighted by Crippen LogP contribution is 2.23. The first-order valence-electron chi connectivity index (χ1n) is 10.9. The molecule has 1 aromatic heterocycles. The average Bonchev–Trinajstić information content (AvgIpc) is 3.44. The first-order valence-corrected chi connectivity index (χ1v) is 10.9. The quantitative estimate of drug-likeness (QED) is 0.442. The lowest BCUT2D eigenvalue weighted by Gasteiger charge is -2.22. The number of hydrogen-bond acceptors (Lipinski definition) is 5. The molecule has 3 N–H and O–H groups in total. The molecule has 8 heteroatoms. The lowest BCUT2D eigenvalue weighted by molar-refractivity contribution is -0.153. The highest BCUT2D eigenvalue weighted by Gasteiger charge is 2.35. The van der Waals surface area contributed by atoms with E-state index in [1.54, 1.807) is 0 Å². The van der Waals surface area contributed by atoms with Crippen LogP contribution in [0.25, 0.3) is 10.9 Å². The maximum atomic E-state index is 12.5. The minimum atomic E-state index is -1.79. The predicted octanol–water partition coefficient (Wildman–Crippen LogP) is 1.59. The van der Waals surface area contributed by atoms with E-state index in [0.717, 1.165) is 47.8 Å². The van der Waals surface area contributed by atoms with Crippen molar-refractivity contribution in [1.29, 1.82) is 0 Å². The Labute approximate surface area is 186 Å². The lowest BCUT2D eigenvalue weighted by Crippen LogP contribution is -2.49. The molecule has 0 fully saturated rings. The molecule has 0 unspecified atom stereocenters. The van der Waals surface area contributed by atoms with Crippen LogP contribution in [0.3, 0.4) is 0 Å². The number of para-hydroxylation sites is 1. The number of carbonyl (C=O) groups is 2. The number of aliphatic hydroxyl groups is 2. The van der Waals surface area contributed by atoms with E-state index >= 15 is 0 Å². The van der Waals surface area contributed by atoms with Crippen molar-refractivity contribution >= 4 is 22.7 Å². The summed E-state index contributed by atoms with van der Waals surface area (Å²) in [7, 11) is 0. The van der Waals surface area contributed by atoms with Crippen LogP contribution in [-0.4, -0.2) is 55.5 Å². The normalized spacial score (nSPS) is 14.9. The Bertz CT molecular complexity index is 1070.